The van der Waals surface area contributed by atoms with E-state index in [4.69, 9.17) is 0 Å². The van der Waals surface area contributed by atoms with Gasteiger partial charge in [0.15, 0.2) is 0 Å². The number of rotatable bonds is 3. The fourth-order valence-electron chi connectivity index (χ4n) is 3.05. The van der Waals surface area contributed by atoms with Crippen molar-refractivity contribution in [3.05, 3.63) is 0 Å². The highest BCUT2D eigenvalue weighted by molar-refractivity contribution is 6.08. The average Bonchev–Trinajstić information content (AvgIpc) is 2.62. The molecule has 18 heavy (non-hydrogen) atoms. The topological polar surface area (TPSA) is 74.7 Å². The highest BCUT2D eigenvalue weighted by atomic mass is 16.4. The van der Waals surface area contributed by atoms with E-state index in [1.807, 2.05) is 0 Å². The van der Waals surface area contributed by atoms with Gasteiger partial charge in [0.1, 0.15) is 5.54 Å². The lowest BCUT2D eigenvalue weighted by Crippen LogP contribution is -2.55. The van der Waals surface area contributed by atoms with Gasteiger partial charge in [-0.25, -0.2) is 4.79 Å². The summed E-state index contributed by atoms with van der Waals surface area (Å²) in [5.74, 6) is -2.23. The summed E-state index contributed by atoms with van der Waals surface area (Å²) in [5.41, 5.74) is -1.40. The van der Waals surface area contributed by atoms with Crippen molar-refractivity contribution in [1.82, 2.24) is 4.90 Å². The highest BCUT2D eigenvalue weighted by Crippen LogP contribution is 2.41. The van der Waals surface area contributed by atoms with Crippen LogP contribution in [0.3, 0.4) is 0 Å². The Hall–Kier alpha value is -1.39. The van der Waals surface area contributed by atoms with Crippen LogP contribution in [0.25, 0.3) is 0 Å². The third-order valence-corrected chi connectivity index (χ3v) is 4.48. The molecule has 0 bridgehead atoms. The molecule has 3 unspecified atom stereocenters. The van der Waals surface area contributed by atoms with Gasteiger partial charge >= 0.3 is 5.97 Å². The fraction of sp³-hybridized carbons (Fsp3) is 0.769. The predicted octanol–water partition coefficient (Wildman–Crippen LogP) is 1.41. The zero-order valence-electron chi connectivity index (χ0n) is 10.8. The normalized spacial score (nSPS) is 31.1. The van der Waals surface area contributed by atoms with Crippen LogP contribution in [0, 0.1) is 11.8 Å². The standard InChI is InChI=1S/C13H19NO4/c1-3-13(2,12(17)18)14-10(15)8-6-4-5-7-9(8)11(14)16/h8-9H,3-7H2,1-2H3,(H,17,18). The number of imide groups is 1. The molecule has 1 aliphatic heterocycles. The number of aliphatic carboxylic acids is 1. The number of nitrogens with zero attached hydrogens (tertiary/aromatic N) is 1. The van der Waals surface area contributed by atoms with E-state index in [1.54, 1.807) is 6.92 Å². The van der Waals surface area contributed by atoms with Gasteiger partial charge in [0.05, 0.1) is 11.8 Å². The Morgan fingerprint density at radius 2 is 1.72 bits per heavy atom. The van der Waals surface area contributed by atoms with Gasteiger partial charge in [0.2, 0.25) is 11.8 Å². The molecule has 5 nitrogen and oxygen atoms in total. The van der Waals surface area contributed by atoms with Crippen molar-refractivity contribution < 1.29 is 19.5 Å². The lowest BCUT2D eigenvalue weighted by molar-refractivity contribution is -0.162. The zero-order valence-corrected chi connectivity index (χ0v) is 10.8. The molecule has 2 aliphatic rings. The van der Waals surface area contributed by atoms with Crippen LogP contribution in [0.5, 0.6) is 0 Å². The lowest BCUT2D eigenvalue weighted by atomic mass is 9.81. The van der Waals surface area contributed by atoms with Crippen molar-refractivity contribution >= 4 is 17.8 Å². The first-order valence-electron chi connectivity index (χ1n) is 6.54. The minimum Gasteiger partial charge on any atom is -0.479 e. The summed E-state index contributed by atoms with van der Waals surface area (Å²) in [4.78, 5) is 37.0. The van der Waals surface area contributed by atoms with Crippen molar-refractivity contribution in [2.24, 2.45) is 11.8 Å². The molecule has 0 radical (unpaired) electrons. The van der Waals surface area contributed by atoms with Crippen molar-refractivity contribution in [3.8, 4) is 0 Å². The summed E-state index contributed by atoms with van der Waals surface area (Å²) >= 11 is 0. The van der Waals surface area contributed by atoms with Crippen LogP contribution >= 0.6 is 0 Å². The molecule has 1 heterocycles. The second-order valence-corrected chi connectivity index (χ2v) is 5.44. The molecule has 1 saturated carbocycles. The minimum absolute atomic E-state index is 0.235. The van der Waals surface area contributed by atoms with Crippen LogP contribution in [0.15, 0.2) is 0 Å². The molecule has 3 atom stereocenters. The maximum Gasteiger partial charge on any atom is 0.329 e. The van der Waals surface area contributed by atoms with E-state index < -0.39 is 11.5 Å². The van der Waals surface area contributed by atoms with Gasteiger partial charge in [0.25, 0.3) is 0 Å². The Labute approximate surface area is 106 Å². The number of carbonyl (C=O) groups is 3. The van der Waals surface area contributed by atoms with Gasteiger partial charge in [-0.15, -0.1) is 0 Å². The molecular weight excluding hydrogens is 234 g/mol. The van der Waals surface area contributed by atoms with Gasteiger partial charge < -0.3 is 5.11 Å². The molecule has 0 aromatic rings. The average molecular weight is 253 g/mol. The molecular formula is C13H19NO4. The molecule has 5 heteroatoms. The van der Waals surface area contributed by atoms with Crippen LogP contribution in [-0.4, -0.2) is 33.3 Å². The number of carboxylic acid groups (broad SMARTS) is 1. The van der Waals surface area contributed by atoms with E-state index in [9.17, 15) is 19.5 Å². The van der Waals surface area contributed by atoms with Gasteiger partial charge in [0, 0.05) is 0 Å². The van der Waals surface area contributed by atoms with E-state index >= 15 is 0 Å². The molecule has 2 fully saturated rings. The maximum absolute atomic E-state index is 12.3. The molecule has 1 saturated heterocycles. The molecule has 1 aliphatic carbocycles. The van der Waals surface area contributed by atoms with Gasteiger partial charge in [-0.1, -0.05) is 19.8 Å². The second kappa shape index (κ2) is 4.37. The molecule has 0 aromatic carbocycles. The number of hydrogen-bond donors (Lipinski definition) is 1. The van der Waals surface area contributed by atoms with E-state index in [2.05, 4.69) is 0 Å². The van der Waals surface area contributed by atoms with E-state index in [0.29, 0.717) is 12.8 Å². The van der Waals surface area contributed by atoms with Crippen LogP contribution in [0.4, 0.5) is 0 Å². The van der Waals surface area contributed by atoms with Crippen LogP contribution < -0.4 is 0 Å². The number of likely N-dealkylation sites (tertiary alicyclic amines) is 1. The van der Waals surface area contributed by atoms with E-state index in [0.717, 1.165) is 17.7 Å². The Morgan fingerprint density at radius 3 is 2.06 bits per heavy atom. The van der Waals surface area contributed by atoms with Crippen molar-refractivity contribution in [2.45, 2.75) is 51.5 Å². The molecule has 2 amide bonds. The maximum atomic E-state index is 12.3. The Morgan fingerprint density at radius 1 is 1.28 bits per heavy atom. The second-order valence-electron chi connectivity index (χ2n) is 5.44. The Balaban J connectivity index is 2.36. The van der Waals surface area contributed by atoms with E-state index in [-0.39, 0.29) is 30.1 Å². The summed E-state index contributed by atoms with van der Waals surface area (Å²) < 4.78 is 0. The first-order chi connectivity index (χ1) is 8.43. The zero-order chi connectivity index (χ0) is 13.5. The van der Waals surface area contributed by atoms with E-state index in [1.165, 1.54) is 6.92 Å². The number of carboxylic acids is 1. The largest absolute Gasteiger partial charge is 0.479 e. The Kier molecular flexibility index (Phi) is 3.17. The van der Waals surface area contributed by atoms with Gasteiger partial charge in [-0.2, -0.15) is 0 Å². The van der Waals surface area contributed by atoms with Crippen LogP contribution in [-0.2, 0) is 14.4 Å². The summed E-state index contributed by atoms with van der Waals surface area (Å²) in [5, 5.41) is 9.32. The van der Waals surface area contributed by atoms with Gasteiger partial charge in [-0.05, 0) is 26.2 Å². The first-order valence-corrected chi connectivity index (χ1v) is 6.54. The number of fused-ring (bicyclic) bond motifs is 1. The Bertz CT molecular complexity index is 382. The molecule has 1 N–H and O–H groups in total. The van der Waals surface area contributed by atoms with Crippen molar-refractivity contribution in [2.75, 3.05) is 0 Å². The molecule has 100 valence electrons. The number of hydrogen-bond acceptors (Lipinski definition) is 3. The number of amides is 2. The quantitative estimate of drug-likeness (QED) is 0.772. The predicted molar refractivity (Wildman–Crippen MR) is 63.6 cm³/mol. The molecule has 0 aromatic heterocycles. The molecule has 0 spiro atoms. The third kappa shape index (κ3) is 1.64. The monoisotopic (exact) mass is 253 g/mol. The SMILES string of the molecule is CCC(C)(C(=O)O)N1C(=O)C2CCCCC2C1=O. The van der Waals surface area contributed by atoms with Crippen molar-refractivity contribution in [1.29, 1.82) is 0 Å². The highest BCUT2D eigenvalue weighted by Gasteiger charge is 2.56. The van der Waals surface area contributed by atoms with Crippen molar-refractivity contribution in [3.63, 3.8) is 0 Å². The summed E-state index contributed by atoms with van der Waals surface area (Å²) in [6.07, 6.45) is 3.56. The third-order valence-electron chi connectivity index (χ3n) is 4.48. The molecule has 2 rings (SSSR count). The lowest BCUT2D eigenvalue weighted by Gasteiger charge is -2.32. The summed E-state index contributed by atoms with van der Waals surface area (Å²) in [7, 11) is 0. The van der Waals surface area contributed by atoms with Crippen LogP contribution in [0.1, 0.15) is 46.0 Å². The number of carbonyl (C=O) groups excluding carboxylic acids is 2. The fourth-order valence-corrected chi connectivity index (χ4v) is 3.05. The minimum atomic E-state index is -1.40. The smallest absolute Gasteiger partial charge is 0.329 e. The first kappa shape index (κ1) is 13.1. The van der Waals surface area contributed by atoms with Gasteiger partial charge in [-0.3, -0.25) is 14.5 Å². The summed E-state index contributed by atoms with van der Waals surface area (Å²) in [6, 6.07) is 0. The van der Waals surface area contributed by atoms with Crippen LogP contribution in [0.2, 0.25) is 0 Å². The summed E-state index contributed by atoms with van der Waals surface area (Å²) in [6.45, 7) is 3.15.